The number of aryl methyl sites for hydroxylation is 1. The Morgan fingerprint density at radius 1 is 1.27 bits per heavy atom. The SMILES string of the molecule is CCCc1[nH]ncc1C(=O)N1C[C@H]2CC[C@@H]1CN(Cc1cccnc1)C2. The van der Waals surface area contributed by atoms with E-state index in [0.29, 0.717) is 12.0 Å². The molecule has 2 atom stereocenters. The lowest BCUT2D eigenvalue weighted by Crippen LogP contribution is -2.47. The molecule has 1 amide bonds. The van der Waals surface area contributed by atoms with Gasteiger partial charge in [0.05, 0.1) is 11.8 Å². The number of pyridine rings is 1. The Labute approximate surface area is 154 Å². The highest BCUT2D eigenvalue weighted by Gasteiger charge is 2.38. The molecule has 3 aliphatic rings. The van der Waals surface area contributed by atoms with Gasteiger partial charge in [0.15, 0.2) is 0 Å². The van der Waals surface area contributed by atoms with Crippen molar-refractivity contribution in [2.75, 3.05) is 19.6 Å². The van der Waals surface area contributed by atoms with E-state index < -0.39 is 0 Å². The highest BCUT2D eigenvalue weighted by molar-refractivity contribution is 5.95. The first-order valence-electron chi connectivity index (χ1n) is 9.69. The van der Waals surface area contributed by atoms with E-state index in [1.165, 1.54) is 12.0 Å². The number of nitrogens with one attached hydrogen (secondary N) is 1. The minimum absolute atomic E-state index is 0.153. The third-order valence-electron chi connectivity index (χ3n) is 5.63. The molecule has 0 aromatic carbocycles. The Balaban J connectivity index is 1.49. The zero-order chi connectivity index (χ0) is 17.9. The Kier molecular flexibility index (Phi) is 5.02. The van der Waals surface area contributed by atoms with E-state index in [4.69, 9.17) is 0 Å². The molecule has 5 rings (SSSR count). The summed E-state index contributed by atoms with van der Waals surface area (Å²) in [6.45, 7) is 5.90. The fraction of sp³-hybridized carbons (Fsp3) is 0.550. The van der Waals surface area contributed by atoms with E-state index in [2.05, 4.69) is 38.0 Å². The molecule has 0 saturated carbocycles. The molecule has 0 unspecified atom stereocenters. The molecule has 6 heteroatoms. The molecule has 1 N–H and O–H groups in total. The van der Waals surface area contributed by atoms with E-state index in [1.54, 1.807) is 6.20 Å². The molecule has 2 aromatic rings. The van der Waals surface area contributed by atoms with Crippen LogP contribution < -0.4 is 0 Å². The van der Waals surface area contributed by atoms with Gasteiger partial charge >= 0.3 is 0 Å². The highest BCUT2D eigenvalue weighted by atomic mass is 16.2. The normalized spacial score (nSPS) is 23.2. The van der Waals surface area contributed by atoms with Crippen LogP contribution >= 0.6 is 0 Å². The summed E-state index contributed by atoms with van der Waals surface area (Å²) in [6, 6.07) is 4.42. The van der Waals surface area contributed by atoms with Crippen LogP contribution in [0.1, 0.15) is 47.8 Å². The first kappa shape index (κ1) is 17.2. The van der Waals surface area contributed by atoms with Crippen molar-refractivity contribution in [1.29, 1.82) is 0 Å². The quantitative estimate of drug-likeness (QED) is 0.897. The summed E-state index contributed by atoms with van der Waals surface area (Å²) in [4.78, 5) is 22.0. The molecule has 0 spiro atoms. The lowest BCUT2D eigenvalue weighted by Gasteiger charge is -2.36. The summed E-state index contributed by atoms with van der Waals surface area (Å²) in [5.74, 6) is 0.705. The highest BCUT2D eigenvalue weighted by Crippen LogP contribution is 2.30. The predicted molar refractivity (Wildman–Crippen MR) is 99.6 cm³/mol. The molecule has 3 fully saturated rings. The van der Waals surface area contributed by atoms with E-state index in [1.807, 2.05) is 18.5 Å². The monoisotopic (exact) mass is 353 g/mol. The van der Waals surface area contributed by atoms with Crippen LogP contribution in [0.3, 0.4) is 0 Å². The second kappa shape index (κ2) is 7.58. The van der Waals surface area contributed by atoms with Crippen LogP contribution in [0.4, 0.5) is 0 Å². The van der Waals surface area contributed by atoms with Crippen molar-refractivity contribution in [2.45, 2.75) is 45.2 Å². The summed E-state index contributed by atoms with van der Waals surface area (Å²) >= 11 is 0. The number of rotatable bonds is 5. The first-order valence-corrected chi connectivity index (χ1v) is 9.69. The number of hydrogen-bond donors (Lipinski definition) is 1. The van der Waals surface area contributed by atoms with Crippen molar-refractivity contribution in [2.24, 2.45) is 5.92 Å². The zero-order valence-corrected chi connectivity index (χ0v) is 15.4. The van der Waals surface area contributed by atoms with Crippen molar-refractivity contribution in [3.63, 3.8) is 0 Å². The number of carbonyl (C=O) groups excluding carboxylic acids is 1. The number of hydrogen-bond acceptors (Lipinski definition) is 4. The Morgan fingerprint density at radius 2 is 2.19 bits per heavy atom. The smallest absolute Gasteiger partial charge is 0.257 e. The summed E-state index contributed by atoms with van der Waals surface area (Å²) in [5.41, 5.74) is 2.98. The zero-order valence-electron chi connectivity index (χ0n) is 15.4. The standard InChI is InChI=1S/C20H27N5O/c1-2-4-19-18(10-22-23-19)20(26)25-13-16-6-7-17(25)14-24(12-16)11-15-5-3-8-21-9-15/h3,5,8-10,16-17H,2,4,6-7,11-14H2,1H3,(H,22,23)/t16-,17+/m0/s1. The van der Waals surface area contributed by atoms with E-state index in [-0.39, 0.29) is 5.91 Å². The third-order valence-corrected chi connectivity index (χ3v) is 5.63. The van der Waals surface area contributed by atoms with Gasteiger partial charge in [-0.25, -0.2) is 0 Å². The molecule has 0 aliphatic carbocycles. The predicted octanol–water partition coefficient (Wildman–Crippen LogP) is 2.49. The molecule has 0 radical (unpaired) electrons. The lowest BCUT2D eigenvalue weighted by molar-refractivity contribution is 0.0584. The maximum absolute atomic E-state index is 13.2. The van der Waals surface area contributed by atoms with Gasteiger partial charge in [-0.2, -0.15) is 5.10 Å². The van der Waals surface area contributed by atoms with Gasteiger partial charge in [0, 0.05) is 50.3 Å². The van der Waals surface area contributed by atoms with E-state index in [0.717, 1.165) is 56.7 Å². The van der Waals surface area contributed by atoms with Crippen molar-refractivity contribution >= 4 is 5.91 Å². The number of carbonyl (C=O) groups is 1. The molecule has 26 heavy (non-hydrogen) atoms. The molecule has 3 saturated heterocycles. The average Bonchev–Trinajstić information content (AvgIpc) is 2.94. The summed E-state index contributed by atoms with van der Waals surface area (Å²) < 4.78 is 0. The van der Waals surface area contributed by atoms with Crippen LogP contribution in [0.2, 0.25) is 0 Å². The maximum Gasteiger partial charge on any atom is 0.257 e. The minimum atomic E-state index is 0.153. The van der Waals surface area contributed by atoms with Crippen molar-refractivity contribution < 1.29 is 4.79 Å². The van der Waals surface area contributed by atoms with Gasteiger partial charge in [0.25, 0.3) is 5.91 Å². The van der Waals surface area contributed by atoms with Crippen LogP contribution in [0.5, 0.6) is 0 Å². The lowest BCUT2D eigenvalue weighted by atomic mass is 9.94. The van der Waals surface area contributed by atoms with Crippen molar-refractivity contribution in [3.8, 4) is 0 Å². The van der Waals surface area contributed by atoms with Gasteiger partial charge in [-0.1, -0.05) is 19.4 Å². The van der Waals surface area contributed by atoms with Crippen molar-refractivity contribution in [1.82, 2.24) is 25.0 Å². The summed E-state index contributed by atoms with van der Waals surface area (Å²) in [7, 11) is 0. The number of H-pyrrole nitrogens is 1. The second-order valence-corrected chi connectivity index (χ2v) is 7.62. The molecule has 5 heterocycles. The number of aromatic nitrogens is 3. The van der Waals surface area contributed by atoms with Crippen LogP contribution in [-0.2, 0) is 13.0 Å². The second-order valence-electron chi connectivity index (χ2n) is 7.62. The average molecular weight is 353 g/mol. The number of amides is 1. The maximum atomic E-state index is 13.2. The molecule has 6 nitrogen and oxygen atoms in total. The first-order chi connectivity index (χ1) is 12.7. The minimum Gasteiger partial charge on any atom is -0.334 e. The fourth-order valence-corrected chi connectivity index (χ4v) is 4.40. The molecule has 3 aliphatic heterocycles. The largest absolute Gasteiger partial charge is 0.334 e. The Bertz CT molecular complexity index is 744. The van der Waals surface area contributed by atoms with Gasteiger partial charge in [-0.05, 0) is 36.8 Å². The topological polar surface area (TPSA) is 65.1 Å². The van der Waals surface area contributed by atoms with E-state index >= 15 is 0 Å². The van der Waals surface area contributed by atoms with Gasteiger partial charge < -0.3 is 4.90 Å². The summed E-state index contributed by atoms with van der Waals surface area (Å²) in [5, 5.41) is 7.14. The Morgan fingerprint density at radius 3 is 3.00 bits per heavy atom. The van der Waals surface area contributed by atoms with Crippen LogP contribution in [0.15, 0.2) is 30.7 Å². The van der Waals surface area contributed by atoms with Gasteiger partial charge in [-0.3, -0.25) is 19.8 Å². The molecule has 2 bridgehead atoms. The van der Waals surface area contributed by atoms with Crippen LogP contribution in [0.25, 0.3) is 0 Å². The molecule has 138 valence electrons. The molecular weight excluding hydrogens is 326 g/mol. The fourth-order valence-electron chi connectivity index (χ4n) is 4.40. The number of aromatic amines is 1. The van der Waals surface area contributed by atoms with Crippen LogP contribution in [-0.4, -0.2) is 56.6 Å². The number of piperidine rings is 1. The van der Waals surface area contributed by atoms with Gasteiger partial charge in [0.2, 0.25) is 0 Å². The van der Waals surface area contributed by atoms with Gasteiger partial charge in [0.1, 0.15) is 0 Å². The van der Waals surface area contributed by atoms with Crippen LogP contribution in [0, 0.1) is 5.92 Å². The third kappa shape index (κ3) is 3.51. The van der Waals surface area contributed by atoms with Crippen molar-refractivity contribution in [3.05, 3.63) is 47.5 Å². The van der Waals surface area contributed by atoms with E-state index in [9.17, 15) is 4.79 Å². The number of fused-ring (bicyclic) bond motifs is 4. The molecule has 2 aromatic heterocycles. The number of nitrogens with zero attached hydrogens (tertiary/aromatic N) is 4. The summed E-state index contributed by atoms with van der Waals surface area (Å²) in [6.07, 6.45) is 9.65. The molecular formula is C20H27N5O. The van der Waals surface area contributed by atoms with Gasteiger partial charge in [-0.15, -0.1) is 0 Å². The Hall–Kier alpha value is -2.21.